The summed E-state index contributed by atoms with van der Waals surface area (Å²) in [6, 6.07) is 3.75. The molecule has 0 fully saturated rings. The maximum absolute atomic E-state index is 10.6. The molecule has 0 aliphatic carbocycles. The predicted molar refractivity (Wildman–Crippen MR) is 80.0 cm³/mol. The third-order valence-corrected chi connectivity index (χ3v) is 4.19. The van der Waals surface area contributed by atoms with Crippen molar-refractivity contribution in [3.63, 3.8) is 0 Å². The molecule has 108 valence electrons. The van der Waals surface area contributed by atoms with Crippen LogP contribution in [0.25, 0.3) is 0 Å². The number of rotatable bonds is 7. The summed E-state index contributed by atoms with van der Waals surface area (Å²) >= 11 is 0. The SMILES string of the molecule is CCN(CC)C(C)(CC)C(O)Cc1ccnc(N)c1. The Hall–Kier alpha value is -1.13. The van der Waals surface area contributed by atoms with E-state index in [9.17, 15) is 5.11 Å². The lowest BCUT2D eigenvalue weighted by Gasteiger charge is -2.43. The fourth-order valence-corrected chi connectivity index (χ4v) is 2.68. The molecular weight excluding hydrogens is 238 g/mol. The van der Waals surface area contributed by atoms with Crippen LogP contribution in [0.2, 0.25) is 0 Å². The zero-order chi connectivity index (χ0) is 14.5. The molecule has 0 aromatic carbocycles. The number of nitrogen functional groups attached to an aromatic ring is 1. The molecule has 4 nitrogen and oxygen atoms in total. The van der Waals surface area contributed by atoms with E-state index in [1.54, 1.807) is 6.20 Å². The number of nitrogens with zero attached hydrogens (tertiary/aromatic N) is 2. The number of aromatic nitrogens is 1. The van der Waals surface area contributed by atoms with Crippen LogP contribution in [0.1, 0.15) is 39.7 Å². The van der Waals surface area contributed by atoms with E-state index < -0.39 is 6.10 Å². The van der Waals surface area contributed by atoms with Crippen LogP contribution in [0.5, 0.6) is 0 Å². The van der Waals surface area contributed by atoms with Gasteiger partial charge in [-0.15, -0.1) is 0 Å². The number of pyridine rings is 1. The molecule has 1 heterocycles. The van der Waals surface area contributed by atoms with Crippen LogP contribution < -0.4 is 5.73 Å². The number of hydrogen-bond acceptors (Lipinski definition) is 4. The van der Waals surface area contributed by atoms with Crippen LogP contribution in [-0.4, -0.2) is 39.7 Å². The Morgan fingerprint density at radius 3 is 2.47 bits per heavy atom. The molecule has 0 aliphatic rings. The van der Waals surface area contributed by atoms with Gasteiger partial charge in [-0.2, -0.15) is 0 Å². The maximum atomic E-state index is 10.6. The van der Waals surface area contributed by atoms with Gasteiger partial charge in [-0.05, 0) is 44.1 Å². The first kappa shape index (κ1) is 15.9. The van der Waals surface area contributed by atoms with Gasteiger partial charge in [0.2, 0.25) is 0 Å². The lowest BCUT2D eigenvalue weighted by Crippen LogP contribution is -2.54. The van der Waals surface area contributed by atoms with Crippen molar-refractivity contribution in [2.45, 2.75) is 52.2 Å². The monoisotopic (exact) mass is 265 g/mol. The summed E-state index contributed by atoms with van der Waals surface area (Å²) in [5.74, 6) is 0.505. The number of aliphatic hydroxyl groups is 1. The zero-order valence-electron chi connectivity index (χ0n) is 12.6. The first-order valence-corrected chi connectivity index (χ1v) is 7.11. The first-order chi connectivity index (χ1) is 8.97. The van der Waals surface area contributed by atoms with Crippen molar-refractivity contribution < 1.29 is 5.11 Å². The second-order valence-corrected chi connectivity index (χ2v) is 5.19. The Labute approximate surface area is 116 Å². The summed E-state index contributed by atoms with van der Waals surface area (Å²) in [7, 11) is 0. The fraction of sp³-hybridized carbons (Fsp3) is 0.667. The summed E-state index contributed by atoms with van der Waals surface area (Å²) in [5, 5.41) is 10.6. The van der Waals surface area contributed by atoms with Gasteiger partial charge in [0, 0.05) is 18.2 Å². The molecule has 0 bridgehead atoms. The van der Waals surface area contributed by atoms with Crippen molar-refractivity contribution in [2.24, 2.45) is 0 Å². The summed E-state index contributed by atoms with van der Waals surface area (Å²) in [6.45, 7) is 10.4. The highest BCUT2D eigenvalue weighted by Crippen LogP contribution is 2.26. The van der Waals surface area contributed by atoms with E-state index in [4.69, 9.17) is 5.73 Å². The van der Waals surface area contributed by atoms with E-state index in [2.05, 4.69) is 37.6 Å². The molecule has 19 heavy (non-hydrogen) atoms. The molecular formula is C15H27N3O. The average Bonchev–Trinajstić information content (AvgIpc) is 2.39. The van der Waals surface area contributed by atoms with Gasteiger partial charge >= 0.3 is 0 Å². The molecule has 0 radical (unpaired) electrons. The topological polar surface area (TPSA) is 62.4 Å². The predicted octanol–water partition coefficient (Wildman–Crippen LogP) is 2.08. The van der Waals surface area contributed by atoms with Gasteiger partial charge in [-0.3, -0.25) is 4.90 Å². The summed E-state index contributed by atoms with van der Waals surface area (Å²) in [6.07, 6.45) is 2.79. The molecule has 0 amide bonds. The lowest BCUT2D eigenvalue weighted by molar-refractivity contribution is -0.0190. The third-order valence-electron chi connectivity index (χ3n) is 4.19. The molecule has 2 unspecified atom stereocenters. The molecule has 2 atom stereocenters. The van der Waals surface area contributed by atoms with Crippen LogP contribution in [0, 0.1) is 0 Å². The van der Waals surface area contributed by atoms with Gasteiger partial charge in [0.05, 0.1) is 6.10 Å². The zero-order valence-corrected chi connectivity index (χ0v) is 12.6. The Balaban J connectivity index is 2.87. The Bertz CT molecular complexity index is 393. The summed E-state index contributed by atoms with van der Waals surface area (Å²) in [4.78, 5) is 6.30. The van der Waals surface area contributed by atoms with Gasteiger partial charge in [0.1, 0.15) is 5.82 Å². The lowest BCUT2D eigenvalue weighted by atomic mass is 9.85. The summed E-state index contributed by atoms with van der Waals surface area (Å²) < 4.78 is 0. The maximum Gasteiger partial charge on any atom is 0.123 e. The molecule has 3 N–H and O–H groups in total. The van der Waals surface area contributed by atoms with Crippen LogP contribution in [0.4, 0.5) is 5.82 Å². The van der Waals surface area contributed by atoms with E-state index in [-0.39, 0.29) is 5.54 Å². The van der Waals surface area contributed by atoms with Crippen molar-refractivity contribution in [1.82, 2.24) is 9.88 Å². The number of likely N-dealkylation sites (N-methyl/N-ethyl adjacent to an activating group) is 1. The Morgan fingerprint density at radius 2 is 2.00 bits per heavy atom. The van der Waals surface area contributed by atoms with Crippen LogP contribution in [0.3, 0.4) is 0 Å². The molecule has 0 aliphatic heterocycles. The second-order valence-electron chi connectivity index (χ2n) is 5.19. The highest BCUT2D eigenvalue weighted by Gasteiger charge is 2.35. The Morgan fingerprint density at radius 1 is 1.37 bits per heavy atom. The number of aliphatic hydroxyl groups excluding tert-OH is 1. The molecule has 0 saturated heterocycles. The van der Waals surface area contributed by atoms with E-state index in [0.29, 0.717) is 12.2 Å². The highest BCUT2D eigenvalue weighted by molar-refractivity contribution is 5.32. The van der Waals surface area contributed by atoms with Crippen molar-refractivity contribution in [3.05, 3.63) is 23.9 Å². The quantitative estimate of drug-likeness (QED) is 0.792. The third kappa shape index (κ3) is 3.67. The first-order valence-electron chi connectivity index (χ1n) is 7.11. The molecule has 1 rings (SSSR count). The molecule has 1 aromatic heterocycles. The van der Waals surface area contributed by atoms with Gasteiger partial charge in [-0.1, -0.05) is 20.8 Å². The number of anilines is 1. The van der Waals surface area contributed by atoms with E-state index >= 15 is 0 Å². The fourth-order valence-electron chi connectivity index (χ4n) is 2.68. The highest BCUT2D eigenvalue weighted by atomic mass is 16.3. The van der Waals surface area contributed by atoms with Gasteiger partial charge in [0.15, 0.2) is 0 Å². The van der Waals surface area contributed by atoms with Crippen LogP contribution in [0.15, 0.2) is 18.3 Å². The molecule has 0 saturated carbocycles. The normalized spacial score (nSPS) is 16.3. The smallest absolute Gasteiger partial charge is 0.123 e. The minimum atomic E-state index is -0.417. The largest absolute Gasteiger partial charge is 0.391 e. The molecule has 0 spiro atoms. The number of hydrogen-bond donors (Lipinski definition) is 2. The van der Waals surface area contributed by atoms with E-state index in [1.807, 2.05) is 12.1 Å². The standard InChI is InChI=1S/C15H27N3O/c1-5-15(4,18(6-2)7-3)13(19)10-12-8-9-17-14(16)11-12/h8-9,11,13,19H,5-7,10H2,1-4H3,(H2,16,17). The molecule has 1 aromatic rings. The van der Waals surface area contributed by atoms with Crippen molar-refractivity contribution in [2.75, 3.05) is 18.8 Å². The average molecular weight is 265 g/mol. The minimum Gasteiger partial charge on any atom is -0.391 e. The van der Waals surface area contributed by atoms with Crippen LogP contribution in [-0.2, 0) is 6.42 Å². The second kappa shape index (κ2) is 6.87. The minimum absolute atomic E-state index is 0.207. The van der Waals surface area contributed by atoms with E-state index in [0.717, 1.165) is 25.1 Å². The van der Waals surface area contributed by atoms with Crippen molar-refractivity contribution >= 4 is 5.82 Å². The number of nitrogens with two attached hydrogens (primary N) is 1. The van der Waals surface area contributed by atoms with Crippen LogP contribution >= 0.6 is 0 Å². The van der Waals surface area contributed by atoms with Crippen molar-refractivity contribution in [1.29, 1.82) is 0 Å². The Kier molecular flexibility index (Phi) is 5.76. The van der Waals surface area contributed by atoms with Gasteiger partial charge in [-0.25, -0.2) is 4.98 Å². The van der Waals surface area contributed by atoms with Gasteiger partial charge in [0.25, 0.3) is 0 Å². The summed E-state index contributed by atoms with van der Waals surface area (Å²) in [5.41, 5.74) is 6.51. The molecule has 4 heteroatoms. The van der Waals surface area contributed by atoms with Gasteiger partial charge < -0.3 is 10.8 Å². The van der Waals surface area contributed by atoms with Crippen molar-refractivity contribution in [3.8, 4) is 0 Å². The van der Waals surface area contributed by atoms with E-state index in [1.165, 1.54) is 0 Å².